The van der Waals surface area contributed by atoms with Crippen LogP contribution in [0.2, 0.25) is 0 Å². The Balaban J connectivity index is 1.70. The monoisotopic (exact) mass is 275 g/mol. The third kappa shape index (κ3) is 2.42. The van der Waals surface area contributed by atoms with Gasteiger partial charge in [0.2, 0.25) is 0 Å². The number of nitrogens with one attached hydrogen (secondary N) is 1. The van der Waals surface area contributed by atoms with Crippen molar-refractivity contribution in [3.05, 3.63) is 39.6 Å². The SMILES string of the molecule is Cc1cc(C(=O)N[C@H]2CCc3nccn3C2)c(C)s1. The number of fused-ring (bicyclic) bond motifs is 1. The molecule has 0 unspecified atom stereocenters. The number of aromatic nitrogens is 2. The molecule has 0 radical (unpaired) electrons. The molecule has 0 aliphatic carbocycles. The van der Waals surface area contributed by atoms with Gasteiger partial charge >= 0.3 is 0 Å². The highest BCUT2D eigenvalue weighted by Crippen LogP contribution is 2.21. The Morgan fingerprint density at radius 1 is 1.53 bits per heavy atom. The molecule has 0 spiro atoms. The minimum Gasteiger partial charge on any atom is -0.347 e. The molecule has 0 bridgehead atoms. The van der Waals surface area contributed by atoms with Crippen molar-refractivity contribution in [2.75, 3.05) is 0 Å². The molecule has 4 nitrogen and oxygen atoms in total. The topological polar surface area (TPSA) is 46.9 Å². The summed E-state index contributed by atoms with van der Waals surface area (Å²) in [6.07, 6.45) is 5.70. The number of imidazole rings is 1. The fraction of sp³-hybridized carbons (Fsp3) is 0.429. The molecule has 2 aromatic heterocycles. The van der Waals surface area contributed by atoms with Crippen LogP contribution in [0, 0.1) is 13.8 Å². The standard InChI is InChI=1S/C14H17N3OS/c1-9-7-12(10(2)19-9)14(18)16-11-3-4-13-15-5-6-17(13)8-11/h5-7,11H,3-4,8H2,1-2H3,(H,16,18)/t11-/m0/s1. The first kappa shape index (κ1) is 12.4. The van der Waals surface area contributed by atoms with Gasteiger partial charge in [-0.05, 0) is 26.3 Å². The van der Waals surface area contributed by atoms with Gasteiger partial charge in [-0.2, -0.15) is 0 Å². The predicted octanol–water partition coefficient (Wildman–Crippen LogP) is 2.31. The van der Waals surface area contributed by atoms with E-state index in [9.17, 15) is 4.79 Å². The molecule has 5 heteroatoms. The first-order valence-corrected chi connectivity index (χ1v) is 7.33. The van der Waals surface area contributed by atoms with Crippen LogP contribution in [0.1, 0.15) is 32.4 Å². The number of hydrogen-bond acceptors (Lipinski definition) is 3. The molecule has 0 aromatic carbocycles. The van der Waals surface area contributed by atoms with Crippen molar-refractivity contribution in [1.82, 2.24) is 14.9 Å². The number of thiophene rings is 1. The second-order valence-electron chi connectivity index (χ2n) is 5.03. The van der Waals surface area contributed by atoms with Crippen molar-refractivity contribution < 1.29 is 4.79 Å². The lowest BCUT2D eigenvalue weighted by Crippen LogP contribution is -2.40. The maximum Gasteiger partial charge on any atom is 0.252 e. The summed E-state index contributed by atoms with van der Waals surface area (Å²) in [5, 5.41) is 3.14. The Hall–Kier alpha value is -1.62. The summed E-state index contributed by atoms with van der Waals surface area (Å²) in [5.74, 6) is 1.17. The number of amides is 1. The lowest BCUT2D eigenvalue weighted by molar-refractivity contribution is 0.0927. The molecule has 3 heterocycles. The van der Waals surface area contributed by atoms with Crippen molar-refractivity contribution >= 4 is 17.2 Å². The maximum absolute atomic E-state index is 12.3. The van der Waals surface area contributed by atoms with E-state index in [0.717, 1.165) is 35.7 Å². The molecule has 100 valence electrons. The van der Waals surface area contributed by atoms with E-state index >= 15 is 0 Å². The van der Waals surface area contributed by atoms with Gasteiger partial charge in [0.05, 0.1) is 5.56 Å². The van der Waals surface area contributed by atoms with Crippen LogP contribution >= 0.6 is 11.3 Å². The molecule has 19 heavy (non-hydrogen) atoms. The first-order chi connectivity index (χ1) is 9.13. The second-order valence-corrected chi connectivity index (χ2v) is 6.49. The minimum absolute atomic E-state index is 0.0513. The van der Waals surface area contributed by atoms with Crippen molar-refractivity contribution in [2.45, 2.75) is 39.3 Å². The van der Waals surface area contributed by atoms with Crippen LogP contribution in [0.25, 0.3) is 0 Å². The molecule has 0 saturated heterocycles. The Labute approximate surface area is 116 Å². The fourth-order valence-electron chi connectivity index (χ4n) is 2.60. The van der Waals surface area contributed by atoms with Gasteiger partial charge in [0, 0.05) is 41.2 Å². The molecule has 1 aliphatic heterocycles. The van der Waals surface area contributed by atoms with E-state index in [2.05, 4.69) is 14.9 Å². The van der Waals surface area contributed by atoms with Crippen LogP contribution in [0.4, 0.5) is 0 Å². The average molecular weight is 275 g/mol. The molecule has 1 amide bonds. The summed E-state index contributed by atoms with van der Waals surface area (Å²) < 4.78 is 2.13. The lowest BCUT2D eigenvalue weighted by atomic mass is 10.1. The van der Waals surface area contributed by atoms with E-state index in [1.165, 1.54) is 4.88 Å². The van der Waals surface area contributed by atoms with Gasteiger partial charge in [-0.25, -0.2) is 4.98 Å². The van der Waals surface area contributed by atoms with E-state index in [-0.39, 0.29) is 11.9 Å². The van der Waals surface area contributed by atoms with Gasteiger partial charge < -0.3 is 9.88 Å². The number of carbonyl (C=O) groups is 1. The average Bonchev–Trinajstić information content (AvgIpc) is 2.94. The molecular weight excluding hydrogens is 258 g/mol. The van der Waals surface area contributed by atoms with E-state index in [0.29, 0.717) is 0 Å². The lowest BCUT2D eigenvalue weighted by Gasteiger charge is -2.24. The molecule has 3 rings (SSSR count). The molecular formula is C14H17N3OS. The van der Waals surface area contributed by atoms with Crippen LogP contribution in [0.15, 0.2) is 18.5 Å². The van der Waals surface area contributed by atoms with Crippen LogP contribution in [-0.4, -0.2) is 21.5 Å². The normalized spacial score (nSPS) is 18.1. The predicted molar refractivity (Wildman–Crippen MR) is 75.6 cm³/mol. The quantitative estimate of drug-likeness (QED) is 0.914. The Morgan fingerprint density at radius 2 is 2.37 bits per heavy atom. The Morgan fingerprint density at radius 3 is 3.11 bits per heavy atom. The highest BCUT2D eigenvalue weighted by Gasteiger charge is 2.21. The fourth-order valence-corrected chi connectivity index (χ4v) is 3.53. The molecule has 1 N–H and O–H groups in total. The van der Waals surface area contributed by atoms with E-state index in [1.54, 1.807) is 11.3 Å². The minimum atomic E-state index is 0.0513. The first-order valence-electron chi connectivity index (χ1n) is 6.51. The Kier molecular flexibility index (Phi) is 3.14. The zero-order valence-corrected chi connectivity index (χ0v) is 12.0. The molecule has 0 saturated carbocycles. The van der Waals surface area contributed by atoms with Crippen LogP contribution < -0.4 is 5.32 Å². The van der Waals surface area contributed by atoms with Gasteiger partial charge in [0.25, 0.3) is 5.91 Å². The van der Waals surface area contributed by atoms with Crippen LogP contribution in [0.5, 0.6) is 0 Å². The largest absolute Gasteiger partial charge is 0.347 e. The molecule has 2 aromatic rings. The summed E-state index contributed by atoms with van der Waals surface area (Å²) in [4.78, 5) is 18.8. The number of rotatable bonds is 2. The summed E-state index contributed by atoms with van der Waals surface area (Å²) in [6.45, 7) is 4.86. The van der Waals surface area contributed by atoms with E-state index in [1.807, 2.05) is 32.3 Å². The van der Waals surface area contributed by atoms with Crippen molar-refractivity contribution in [1.29, 1.82) is 0 Å². The zero-order chi connectivity index (χ0) is 13.4. The van der Waals surface area contributed by atoms with Crippen molar-refractivity contribution in [3.8, 4) is 0 Å². The summed E-state index contributed by atoms with van der Waals surface area (Å²) in [7, 11) is 0. The van der Waals surface area contributed by atoms with Gasteiger partial charge in [-0.15, -0.1) is 11.3 Å². The number of carbonyl (C=O) groups excluding carboxylic acids is 1. The van der Waals surface area contributed by atoms with Gasteiger partial charge in [-0.3, -0.25) is 4.79 Å². The van der Waals surface area contributed by atoms with Crippen molar-refractivity contribution in [3.63, 3.8) is 0 Å². The van der Waals surface area contributed by atoms with E-state index < -0.39 is 0 Å². The second kappa shape index (κ2) is 4.81. The highest BCUT2D eigenvalue weighted by atomic mass is 32.1. The maximum atomic E-state index is 12.3. The summed E-state index contributed by atoms with van der Waals surface area (Å²) >= 11 is 1.67. The molecule has 1 atom stereocenters. The number of hydrogen-bond donors (Lipinski definition) is 1. The molecule has 0 fully saturated rings. The zero-order valence-electron chi connectivity index (χ0n) is 11.1. The number of nitrogens with zero attached hydrogens (tertiary/aromatic N) is 2. The Bertz CT molecular complexity index is 614. The summed E-state index contributed by atoms with van der Waals surface area (Å²) in [6, 6.07) is 2.18. The van der Waals surface area contributed by atoms with Crippen LogP contribution in [-0.2, 0) is 13.0 Å². The molecule has 1 aliphatic rings. The summed E-state index contributed by atoms with van der Waals surface area (Å²) in [5.41, 5.74) is 0.818. The third-order valence-corrected chi connectivity index (χ3v) is 4.52. The third-order valence-electron chi connectivity index (χ3n) is 3.56. The highest BCUT2D eigenvalue weighted by molar-refractivity contribution is 7.12. The van der Waals surface area contributed by atoms with Crippen molar-refractivity contribution in [2.24, 2.45) is 0 Å². The van der Waals surface area contributed by atoms with Crippen LogP contribution in [0.3, 0.4) is 0 Å². The van der Waals surface area contributed by atoms with Gasteiger partial charge in [-0.1, -0.05) is 0 Å². The van der Waals surface area contributed by atoms with E-state index in [4.69, 9.17) is 0 Å². The smallest absolute Gasteiger partial charge is 0.252 e. The number of aryl methyl sites for hydroxylation is 3. The van der Waals surface area contributed by atoms with Gasteiger partial charge in [0.1, 0.15) is 5.82 Å². The van der Waals surface area contributed by atoms with Gasteiger partial charge in [0.15, 0.2) is 0 Å².